The number of methoxy groups -OCH3 is 1. The first-order valence-electron chi connectivity index (χ1n) is 8.74. The maximum atomic E-state index is 5.43. The number of nitrogens with zero attached hydrogens (tertiary/aromatic N) is 6. The van der Waals surface area contributed by atoms with Crippen molar-refractivity contribution >= 4 is 11.8 Å². The normalized spacial score (nSPS) is 10.9. The SMILES string of the molecule is COc1ccccc1-n1cnnc1SCCCc1nc(-c2ccncc2)no1. The predicted octanol–water partition coefficient (Wildman–Crippen LogP) is 3.45. The average Bonchev–Trinajstić information content (AvgIpc) is 3.41. The van der Waals surface area contributed by atoms with Gasteiger partial charge < -0.3 is 9.26 Å². The summed E-state index contributed by atoms with van der Waals surface area (Å²) >= 11 is 1.63. The van der Waals surface area contributed by atoms with Crippen molar-refractivity contribution in [2.75, 3.05) is 12.9 Å². The Morgan fingerprint density at radius 3 is 2.86 bits per heavy atom. The second kappa shape index (κ2) is 8.66. The second-order valence-corrected chi connectivity index (χ2v) is 6.92. The first kappa shape index (κ1) is 18.2. The van der Waals surface area contributed by atoms with Crippen LogP contribution in [0.5, 0.6) is 5.75 Å². The smallest absolute Gasteiger partial charge is 0.226 e. The Kier molecular flexibility index (Phi) is 5.62. The van der Waals surface area contributed by atoms with Gasteiger partial charge in [-0.3, -0.25) is 9.55 Å². The monoisotopic (exact) mass is 394 g/mol. The Morgan fingerprint density at radius 2 is 2.00 bits per heavy atom. The Bertz CT molecular complexity index is 1030. The molecule has 4 rings (SSSR count). The molecule has 3 heterocycles. The molecule has 0 saturated carbocycles. The molecule has 0 spiro atoms. The molecule has 3 aromatic heterocycles. The molecule has 0 radical (unpaired) electrons. The fourth-order valence-corrected chi connectivity index (χ4v) is 3.54. The Balaban J connectivity index is 1.35. The summed E-state index contributed by atoms with van der Waals surface area (Å²) in [7, 11) is 1.65. The van der Waals surface area contributed by atoms with Crippen LogP contribution in [0.2, 0.25) is 0 Å². The van der Waals surface area contributed by atoms with Crippen LogP contribution in [0.4, 0.5) is 0 Å². The molecule has 0 saturated heterocycles. The number of pyridine rings is 1. The van der Waals surface area contributed by atoms with Crippen LogP contribution < -0.4 is 4.74 Å². The molecule has 0 aliphatic carbocycles. The molecule has 28 heavy (non-hydrogen) atoms. The van der Waals surface area contributed by atoms with E-state index in [0.717, 1.165) is 34.3 Å². The van der Waals surface area contributed by atoms with Crippen LogP contribution in [0, 0.1) is 0 Å². The van der Waals surface area contributed by atoms with E-state index in [1.165, 1.54) is 0 Å². The number of thioether (sulfide) groups is 1. The summed E-state index contributed by atoms with van der Waals surface area (Å²) in [5.41, 5.74) is 1.81. The van der Waals surface area contributed by atoms with Gasteiger partial charge in [-0.1, -0.05) is 29.1 Å². The zero-order chi connectivity index (χ0) is 19.2. The number of benzene rings is 1. The third-order valence-electron chi connectivity index (χ3n) is 4.03. The summed E-state index contributed by atoms with van der Waals surface area (Å²) in [6, 6.07) is 11.5. The molecule has 142 valence electrons. The molecular weight excluding hydrogens is 376 g/mol. The lowest BCUT2D eigenvalue weighted by atomic mass is 10.2. The van der Waals surface area contributed by atoms with Crippen LogP contribution in [0.25, 0.3) is 17.1 Å². The average molecular weight is 394 g/mol. The van der Waals surface area contributed by atoms with Crippen LogP contribution in [-0.2, 0) is 6.42 Å². The number of rotatable bonds is 8. The van der Waals surface area contributed by atoms with E-state index in [-0.39, 0.29) is 0 Å². The molecule has 0 fully saturated rings. The standard InChI is InChI=1S/C19H18N6O2S/c1-26-16-6-3-2-5-15(16)25-13-21-23-19(25)28-12-4-7-17-22-18(24-27-17)14-8-10-20-11-9-14/h2-3,5-6,8-11,13H,4,7,12H2,1H3. The minimum Gasteiger partial charge on any atom is -0.495 e. The predicted molar refractivity (Wildman–Crippen MR) is 104 cm³/mol. The molecule has 0 bridgehead atoms. The number of aromatic nitrogens is 6. The number of para-hydroxylation sites is 2. The van der Waals surface area contributed by atoms with Crippen molar-refractivity contribution in [2.24, 2.45) is 0 Å². The van der Waals surface area contributed by atoms with Gasteiger partial charge in [0.1, 0.15) is 12.1 Å². The molecule has 1 aromatic carbocycles. The van der Waals surface area contributed by atoms with Gasteiger partial charge in [0.2, 0.25) is 11.7 Å². The van der Waals surface area contributed by atoms with Crippen LogP contribution in [0.3, 0.4) is 0 Å². The lowest BCUT2D eigenvalue weighted by Crippen LogP contribution is -1.99. The maximum absolute atomic E-state index is 5.43. The van der Waals surface area contributed by atoms with E-state index >= 15 is 0 Å². The van der Waals surface area contributed by atoms with Crippen molar-refractivity contribution in [3.63, 3.8) is 0 Å². The van der Waals surface area contributed by atoms with Gasteiger partial charge in [-0.2, -0.15) is 4.98 Å². The lowest BCUT2D eigenvalue weighted by molar-refractivity contribution is 0.378. The van der Waals surface area contributed by atoms with Gasteiger partial charge in [0, 0.05) is 30.1 Å². The second-order valence-electron chi connectivity index (χ2n) is 5.85. The molecule has 0 atom stereocenters. The third kappa shape index (κ3) is 4.04. The van der Waals surface area contributed by atoms with E-state index in [1.54, 1.807) is 37.6 Å². The van der Waals surface area contributed by atoms with E-state index in [0.29, 0.717) is 18.1 Å². The number of ether oxygens (including phenoxy) is 1. The molecule has 0 unspecified atom stereocenters. The topological polar surface area (TPSA) is 91.8 Å². The van der Waals surface area contributed by atoms with Gasteiger partial charge >= 0.3 is 0 Å². The molecule has 4 aromatic rings. The zero-order valence-electron chi connectivity index (χ0n) is 15.2. The van der Waals surface area contributed by atoms with E-state index in [2.05, 4.69) is 25.3 Å². The fourth-order valence-electron chi connectivity index (χ4n) is 2.68. The molecule has 9 heteroatoms. The molecule has 8 nitrogen and oxygen atoms in total. The minimum absolute atomic E-state index is 0.584. The summed E-state index contributed by atoms with van der Waals surface area (Å²) in [5.74, 6) is 2.83. The van der Waals surface area contributed by atoms with Crippen molar-refractivity contribution in [3.8, 4) is 22.8 Å². The molecular formula is C19H18N6O2S. The first-order valence-corrected chi connectivity index (χ1v) is 9.73. The van der Waals surface area contributed by atoms with E-state index < -0.39 is 0 Å². The third-order valence-corrected chi connectivity index (χ3v) is 5.06. The van der Waals surface area contributed by atoms with Gasteiger partial charge in [-0.25, -0.2) is 0 Å². The molecule has 0 N–H and O–H groups in total. The Morgan fingerprint density at radius 1 is 1.14 bits per heavy atom. The summed E-state index contributed by atoms with van der Waals surface area (Å²) < 4.78 is 12.7. The zero-order valence-corrected chi connectivity index (χ0v) is 16.0. The Hall–Kier alpha value is -3.20. The highest BCUT2D eigenvalue weighted by molar-refractivity contribution is 7.99. The molecule has 0 amide bonds. The summed E-state index contributed by atoms with van der Waals surface area (Å²) in [4.78, 5) is 8.43. The van der Waals surface area contributed by atoms with Crippen molar-refractivity contribution in [3.05, 3.63) is 61.0 Å². The van der Waals surface area contributed by atoms with Gasteiger partial charge in [0.25, 0.3) is 0 Å². The van der Waals surface area contributed by atoms with Crippen molar-refractivity contribution in [2.45, 2.75) is 18.0 Å². The lowest BCUT2D eigenvalue weighted by Gasteiger charge is -2.10. The highest BCUT2D eigenvalue weighted by Crippen LogP contribution is 2.27. The van der Waals surface area contributed by atoms with Gasteiger partial charge in [0.15, 0.2) is 5.16 Å². The minimum atomic E-state index is 0.584. The number of hydrogen-bond acceptors (Lipinski definition) is 8. The Labute approximate surface area is 166 Å². The molecule has 0 aliphatic rings. The van der Waals surface area contributed by atoms with Crippen molar-refractivity contribution in [1.82, 2.24) is 29.9 Å². The van der Waals surface area contributed by atoms with Crippen LogP contribution in [-0.4, -0.2) is 42.8 Å². The van der Waals surface area contributed by atoms with Crippen LogP contribution in [0.1, 0.15) is 12.3 Å². The van der Waals surface area contributed by atoms with E-state index in [9.17, 15) is 0 Å². The van der Waals surface area contributed by atoms with Gasteiger partial charge in [-0.15, -0.1) is 10.2 Å². The van der Waals surface area contributed by atoms with Gasteiger partial charge in [0.05, 0.1) is 12.8 Å². The summed E-state index contributed by atoms with van der Waals surface area (Å²) in [5, 5.41) is 13.1. The van der Waals surface area contributed by atoms with Crippen LogP contribution >= 0.6 is 11.8 Å². The van der Waals surface area contributed by atoms with Crippen molar-refractivity contribution < 1.29 is 9.26 Å². The number of aryl methyl sites for hydroxylation is 1. The number of hydrogen-bond donors (Lipinski definition) is 0. The quantitative estimate of drug-likeness (QED) is 0.331. The highest BCUT2D eigenvalue weighted by Gasteiger charge is 2.12. The molecule has 0 aliphatic heterocycles. The van der Waals surface area contributed by atoms with Gasteiger partial charge in [-0.05, 0) is 30.7 Å². The first-order chi connectivity index (χ1) is 13.8. The fraction of sp³-hybridized carbons (Fsp3) is 0.211. The highest BCUT2D eigenvalue weighted by atomic mass is 32.2. The van der Waals surface area contributed by atoms with E-state index in [1.807, 2.05) is 41.0 Å². The maximum Gasteiger partial charge on any atom is 0.226 e. The van der Waals surface area contributed by atoms with Crippen LogP contribution in [0.15, 0.2) is 64.8 Å². The van der Waals surface area contributed by atoms with E-state index in [4.69, 9.17) is 9.26 Å². The summed E-state index contributed by atoms with van der Waals surface area (Å²) in [6.07, 6.45) is 6.69. The van der Waals surface area contributed by atoms with Crippen molar-refractivity contribution in [1.29, 1.82) is 0 Å². The largest absolute Gasteiger partial charge is 0.495 e. The summed E-state index contributed by atoms with van der Waals surface area (Å²) in [6.45, 7) is 0.